The second-order valence-electron chi connectivity index (χ2n) is 10.2. The monoisotopic (exact) mass is 598 g/mol. The number of likely N-dealkylation sites (N-methyl/N-ethyl adjacent to an activating group) is 2. The summed E-state index contributed by atoms with van der Waals surface area (Å²) in [7, 11) is 6.72. The van der Waals surface area contributed by atoms with E-state index in [0.717, 1.165) is 0 Å². The van der Waals surface area contributed by atoms with Gasteiger partial charge in [0.2, 0.25) is 0 Å². The van der Waals surface area contributed by atoms with Crippen LogP contribution >= 0.6 is 0 Å². The maximum Gasteiger partial charge on any atom is 0.419 e. The Bertz CT molecular complexity index is 1490. The number of carbonyl (C=O) groups is 2. The van der Waals surface area contributed by atoms with E-state index in [1.165, 1.54) is 24.3 Å². The van der Waals surface area contributed by atoms with Crippen LogP contribution in [0.15, 0.2) is 110 Å². The molecule has 4 aromatic rings. The predicted octanol–water partition coefficient (Wildman–Crippen LogP) is 5.18. The van der Waals surface area contributed by atoms with Crippen molar-refractivity contribution in [1.82, 2.24) is 19.8 Å². The lowest BCUT2D eigenvalue weighted by Gasteiger charge is -2.25. The lowest BCUT2D eigenvalue weighted by atomic mass is 9.98. The fourth-order valence-corrected chi connectivity index (χ4v) is 4.20. The highest BCUT2D eigenvalue weighted by molar-refractivity contribution is 6.29. The number of halogens is 2. The van der Waals surface area contributed by atoms with Gasteiger partial charge in [-0.05, 0) is 99.0 Å². The molecule has 0 aliphatic rings. The Kier molecular flexibility index (Phi) is 10.8. The lowest BCUT2D eigenvalue weighted by molar-refractivity contribution is -0.178. The number of rotatable bonds is 10. The highest BCUT2D eigenvalue weighted by Crippen LogP contribution is 2.26. The Morgan fingerprint density at radius 3 is 1.27 bits per heavy atom. The summed E-state index contributed by atoms with van der Waals surface area (Å²) in [5, 5.41) is 0. The first-order chi connectivity index (χ1) is 21.1. The number of esters is 2. The van der Waals surface area contributed by atoms with Crippen LogP contribution in [0.5, 0.6) is 0 Å². The van der Waals surface area contributed by atoms with Gasteiger partial charge in [0.25, 0.3) is 0 Å². The summed E-state index contributed by atoms with van der Waals surface area (Å²) < 4.78 is 38.5. The molecule has 0 saturated heterocycles. The van der Waals surface area contributed by atoms with Gasteiger partial charge in [-0.1, -0.05) is 36.4 Å². The number of ether oxygens (including phenoxy) is 2. The van der Waals surface area contributed by atoms with Gasteiger partial charge in [0, 0.05) is 35.9 Å². The van der Waals surface area contributed by atoms with Crippen molar-refractivity contribution < 1.29 is 27.8 Å². The number of benzene rings is 2. The largest absolute Gasteiger partial charge is 0.434 e. The summed E-state index contributed by atoms with van der Waals surface area (Å²) >= 11 is 0. The molecule has 4 rings (SSSR count). The third-order valence-electron chi connectivity index (χ3n) is 6.51. The minimum absolute atomic E-state index is 0.395. The average Bonchev–Trinajstić information content (AvgIpc) is 3.02. The molecule has 0 saturated carbocycles. The van der Waals surface area contributed by atoms with Crippen molar-refractivity contribution in [2.24, 2.45) is 0 Å². The zero-order valence-corrected chi connectivity index (χ0v) is 24.7. The molecule has 0 N–H and O–H groups in total. The summed E-state index contributed by atoms with van der Waals surface area (Å²) in [5.74, 6) is -3.22. The van der Waals surface area contributed by atoms with Crippen LogP contribution in [0.25, 0.3) is 11.1 Å². The number of hydrogen-bond acceptors (Lipinski definition) is 8. The number of carbonyl (C=O) groups excluding carboxylic acids is 2. The van der Waals surface area contributed by atoms with Gasteiger partial charge in [-0.25, -0.2) is 18.4 Å². The average molecular weight is 599 g/mol. The van der Waals surface area contributed by atoms with Crippen LogP contribution in [-0.2, 0) is 19.1 Å². The maximum atomic E-state index is 13.7. The van der Waals surface area contributed by atoms with Gasteiger partial charge < -0.3 is 9.47 Å². The van der Waals surface area contributed by atoms with E-state index in [0.29, 0.717) is 33.4 Å². The molecule has 0 aliphatic carbocycles. The summed E-state index contributed by atoms with van der Waals surface area (Å²) in [5.41, 5.74) is 3.95. The van der Waals surface area contributed by atoms with Crippen molar-refractivity contribution in [2.45, 2.75) is 12.5 Å². The first kappa shape index (κ1) is 31.9. The molecule has 226 valence electrons. The number of hydrogen-bond donors (Lipinski definition) is 0. The zero-order chi connectivity index (χ0) is 31.6. The summed E-state index contributed by atoms with van der Waals surface area (Å²) in [4.78, 5) is 37.7. The zero-order valence-electron chi connectivity index (χ0n) is 24.7. The molecule has 0 spiro atoms. The van der Waals surface area contributed by atoms with E-state index in [9.17, 15) is 18.4 Å². The molecule has 0 aliphatic heterocycles. The minimum Gasteiger partial charge on any atom is -0.434 e. The molecule has 8 nitrogen and oxygen atoms in total. The van der Waals surface area contributed by atoms with E-state index in [-0.39, 0.29) is 0 Å². The van der Waals surface area contributed by atoms with Crippen LogP contribution in [0.3, 0.4) is 0 Å². The molecule has 44 heavy (non-hydrogen) atoms. The van der Waals surface area contributed by atoms with Gasteiger partial charge >= 0.3 is 11.9 Å². The van der Waals surface area contributed by atoms with Crippen LogP contribution < -0.4 is 0 Å². The topological polar surface area (TPSA) is 84.9 Å². The standard InChI is InChI=1S/C34H32F2N4O4/c1-39(2)31(19-29(25-7-5-17-37-21-25)23-9-13-27(35)14-10-23)43-33(41)34(42)44-32(40(3)4)20-30(26-8-6-18-38-22-26)24-11-15-28(36)16-12-24/h5-22,31-32H,1-4H3. The second kappa shape index (κ2) is 14.9. The van der Waals surface area contributed by atoms with Crippen molar-refractivity contribution in [2.75, 3.05) is 28.2 Å². The Morgan fingerprint density at radius 1 is 0.614 bits per heavy atom. The molecule has 2 unspecified atom stereocenters. The maximum absolute atomic E-state index is 13.7. The smallest absolute Gasteiger partial charge is 0.419 e. The molecular weight excluding hydrogens is 566 g/mol. The molecular formula is C34H32F2N4O4. The van der Waals surface area contributed by atoms with Crippen molar-refractivity contribution in [1.29, 1.82) is 0 Å². The third-order valence-corrected chi connectivity index (χ3v) is 6.51. The Morgan fingerprint density at radius 2 is 0.977 bits per heavy atom. The SMILES string of the molecule is CN(C)C(C=C(c1ccc(F)cc1)c1cccnc1)OC(=O)C(=O)OC(C=C(c1ccc(F)cc1)c1cccnc1)N(C)C. The summed E-state index contributed by atoms with van der Waals surface area (Å²) in [6.45, 7) is 0. The first-order valence-corrected chi connectivity index (χ1v) is 13.6. The van der Waals surface area contributed by atoms with Crippen LogP contribution in [0, 0.1) is 11.6 Å². The highest BCUT2D eigenvalue weighted by Gasteiger charge is 2.27. The molecule has 0 bridgehead atoms. The minimum atomic E-state index is -1.21. The fourth-order valence-electron chi connectivity index (χ4n) is 4.20. The van der Waals surface area contributed by atoms with Gasteiger partial charge in [0.15, 0.2) is 12.5 Å². The quantitative estimate of drug-likeness (QED) is 0.140. The molecule has 0 radical (unpaired) electrons. The Hall–Kier alpha value is -5.06. The summed E-state index contributed by atoms with van der Waals surface area (Å²) in [6, 6.07) is 18.9. The van der Waals surface area contributed by atoms with Crippen LogP contribution in [0.2, 0.25) is 0 Å². The molecule has 2 atom stereocenters. The van der Waals surface area contributed by atoms with Crippen LogP contribution in [0.1, 0.15) is 22.3 Å². The number of pyridine rings is 2. The molecule has 0 amide bonds. The van der Waals surface area contributed by atoms with Gasteiger partial charge in [0.05, 0.1) is 0 Å². The van der Waals surface area contributed by atoms with Crippen LogP contribution in [0.4, 0.5) is 8.78 Å². The van der Waals surface area contributed by atoms with E-state index >= 15 is 0 Å². The van der Waals surface area contributed by atoms with Crippen molar-refractivity contribution in [3.63, 3.8) is 0 Å². The van der Waals surface area contributed by atoms with E-state index in [1.807, 2.05) is 12.1 Å². The number of aromatic nitrogens is 2. The summed E-state index contributed by atoms with van der Waals surface area (Å²) in [6.07, 6.45) is 7.82. The van der Waals surface area contributed by atoms with Gasteiger partial charge in [-0.3, -0.25) is 19.8 Å². The molecule has 10 heteroatoms. The molecule has 2 aromatic carbocycles. The lowest BCUT2D eigenvalue weighted by Crippen LogP contribution is -2.38. The molecule has 2 heterocycles. The highest BCUT2D eigenvalue weighted by atomic mass is 19.1. The van der Waals surface area contributed by atoms with E-state index in [2.05, 4.69) is 9.97 Å². The van der Waals surface area contributed by atoms with E-state index in [1.54, 1.807) is 111 Å². The van der Waals surface area contributed by atoms with Crippen LogP contribution in [-0.4, -0.2) is 72.4 Å². The van der Waals surface area contributed by atoms with Crippen molar-refractivity contribution in [3.8, 4) is 0 Å². The third kappa shape index (κ3) is 8.50. The normalized spacial score (nSPS) is 13.5. The van der Waals surface area contributed by atoms with E-state index < -0.39 is 36.0 Å². The Balaban J connectivity index is 1.60. The molecule has 0 fully saturated rings. The van der Waals surface area contributed by atoms with Gasteiger partial charge in [-0.2, -0.15) is 0 Å². The Labute approximate surface area is 254 Å². The van der Waals surface area contributed by atoms with Crippen molar-refractivity contribution >= 4 is 23.1 Å². The van der Waals surface area contributed by atoms with Gasteiger partial charge in [0.1, 0.15) is 11.6 Å². The molecule has 2 aromatic heterocycles. The first-order valence-electron chi connectivity index (χ1n) is 13.6. The van der Waals surface area contributed by atoms with Crippen molar-refractivity contribution in [3.05, 3.63) is 144 Å². The predicted molar refractivity (Wildman–Crippen MR) is 163 cm³/mol. The second-order valence-corrected chi connectivity index (χ2v) is 10.2. The van der Waals surface area contributed by atoms with Gasteiger partial charge in [-0.15, -0.1) is 0 Å². The number of nitrogens with zero attached hydrogens (tertiary/aromatic N) is 4. The fraction of sp³-hybridized carbons (Fsp3) is 0.176. The van der Waals surface area contributed by atoms with E-state index in [4.69, 9.17) is 9.47 Å².